The average molecular weight is 715 g/mol. The summed E-state index contributed by atoms with van der Waals surface area (Å²) in [6.07, 6.45) is 0.397. The highest BCUT2D eigenvalue weighted by atomic mass is 17.2. The molecule has 0 atom stereocenters. The van der Waals surface area contributed by atoms with Crippen molar-refractivity contribution < 1.29 is 67.1 Å². The van der Waals surface area contributed by atoms with Crippen molar-refractivity contribution in [2.24, 2.45) is 17.4 Å². The number of amides is 2. The Kier molecular flexibility index (Phi) is 14.2. The molecule has 51 heavy (non-hydrogen) atoms. The Morgan fingerprint density at radius 3 is 2.08 bits per heavy atom. The van der Waals surface area contributed by atoms with Crippen LogP contribution in [0.15, 0.2) is 63.8 Å². The van der Waals surface area contributed by atoms with Crippen molar-refractivity contribution in [3.8, 4) is 45.8 Å². The lowest BCUT2D eigenvalue weighted by molar-refractivity contribution is -0.306. The monoisotopic (exact) mass is 714 g/mol. The first-order chi connectivity index (χ1) is 24.7. The number of carbonyl (C=O) groups excluding carboxylic acids is 2. The Balaban J connectivity index is 1.58. The number of ether oxygens (including phenoxy) is 6. The third-order valence-corrected chi connectivity index (χ3v) is 7.07. The molecule has 2 amide bonds. The summed E-state index contributed by atoms with van der Waals surface area (Å²) in [4.78, 5) is 55.7. The van der Waals surface area contributed by atoms with Crippen LogP contribution in [0, 0.1) is 5.92 Å². The van der Waals surface area contributed by atoms with Crippen molar-refractivity contribution >= 4 is 22.8 Å². The number of primary amides is 2. The summed E-state index contributed by atoms with van der Waals surface area (Å²) in [5.74, 6) is -2.19. The number of fused-ring (bicyclic) bond motifs is 1. The van der Waals surface area contributed by atoms with Gasteiger partial charge in [0.25, 0.3) is 0 Å². The van der Waals surface area contributed by atoms with Gasteiger partial charge in [-0.2, -0.15) is 9.78 Å². The van der Waals surface area contributed by atoms with Gasteiger partial charge in [0.15, 0.2) is 24.1 Å². The van der Waals surface area contributed by atoms with E-state index in [9.17, 15) is 19.5 Å². The molecule has 17 heteroatoms. The molecule has 0 saturated heterocycles. The van der Waals surface area contributed by atoms with Crippen LogP contribution in [0.4, 0.5) is 0 Å². The maximum atomic E-state index is 13.9. The third kappa shape index (κ3) is 10.5. The summed E-state index contributed by atoms with van der Waals surface area (Å²) in [5.41, 5.74) is 10.9. The molecular weight excluding hydrogens is 676 g/mol. The van der Waals surface area contributed by atoms with Crippen molar-refractivity contribution in [3.63, 3.8) is 0 Å². The van der Waals surface area contributed by atoms with E-state index in [-0.39, 0.29) is 79.7 Å². The molecule has 0 fully saturated rings. The zero-order valence-corrected chi connectivity index (χ0v) is 28.0. The van der Waals surface area contributed by atoms with E-state index in [2.05, 4.69) is 9.78 Å². The molecule has 5 N–H and O–H groups in total. The summed E-state index contributed by atoms with van der Waals surface area (Å²) in [5, 5.41) is 10.7. The van der Waals surface area contributed by atoms with Gasteiger partial charge in [0.2, 0.25) is 36.6 Å². The standard InChI is InChI=1S/C34H38N2O15/c1-41-17-46-23-15-25(37)29-28(16-23)51-31(21-7-10-26(47-18-49-42-2)27(14-21)48-19-50-43-3)32(30(29)38)45-12-4-11-44-22-8-5-20(6-9-22)13-24(33(35)39)34(36)40/h5-10,14-16,24,37H,4,11-13,17-19H2,1-3H3,(H2,35,39)(H2,36,40). The maximum Gasteiger partial charge on any atom is 0.239 e. The first kappa shape index (κ1) is 38.2. The normalized spacial score (nSPS) is 11.1. The van der Waals surface area contributed by atoms with Gasteiger partial charge in [-0.05, 0) is 42.3 Å². The van der Waals surface area contributed by atoms with E-state index in [4.69, 9.17) is 54.1 Å². The van der Waals surface area contributed by atoms with E-state index in [0.717, 1.165) is 0 Å². The van der Waals surface area contributed by atoms with Crippen LogP contribution in [0.25, 0.3) is 22.3 Å². The number of aromatic hydroxyl groups is 1. The summed E-state index contributed by atoms with van der Waals surface area (Å²) in [6, 6.07) is 14.1. The molecule has 0 bridgehead atoms. The Morgan fingerprint density at radius 2 is 1.43 bits per heavy atom. The molecule has 274 valence electrons. The predicted molar refractivity (Wildman–Crippen MR) is 177 cm³/mol. The van der Waals surface area contributed by atoms with Crippen molar-refractivity contribution in [2.45, 2.75) is 12.8 Å². The second-order valence-electron chi connectivity index (χ2n) is 10.5. The van der Waals surface area contributed by atoms with Crippen LogP contribution in [0.2, 0.25) is 0 Å². The van der Waals surface area contributed by atoms with Crippen LogP contribution in [0.1, 0.15) is 12.0 Å². The zero-order valence-electron chi connectivity index (χ0n) is 28.0. The molecule has 4 rings (SSSR count). The van der Waals surface area contributed by atoms with Gasteiger partial charge in [-0.15, -0.1) is 0 Å². The van der Waals surface area contributed by atoms with Crippen LogP contribution in [-0.4, -0.2) is 71.8 Å². The van der Waals surface area contributed by atoms with E-state index in [1.54, 1.807) is 36.4 Å². The molecular formula is C34H38N2O15. The summed E-state index contributed by atoms with van der Waals surface area (Å²) in [7, 11) is 4.07. The number of hydrogen-bond donors (Lipinski definition) is 3. The van der Waals surface area contributed by atoms with E-state index >= 15 is 0 Å². The number of nitrogens with two attached hydrogens (primary N) is 2. The lowest BCUT2D eigenvalue weighted by Gasteiger charge is -2.16. The van der Waals surface area contributed by atoms with Crippen LogP contribution < -0.4 is 40.6 Å². The van der Waals surface area contributed by atoms with Crippen LogP contribution in [-0.2, 0) is 40.3 Å². The largest absolute Gasteiger partial charge is 0.507 e. The smallest absolute Gasteiger partial charge is 0.239 e. The minimum Gasteiger partial charge on any atom is -0.507 e. The molecule has 0 aliphatic carbocycles. The molecule has 17 nitrogen and oxygen atoms in total. The van der Waals surface area contributed by atoms with Crippen LogP contribution >= 0.6 is 0 Å². The molecule has 0 radical (unpaired) electrons. The second kappa shape index (κ2) is 19.0. The number of benzene rings is 3. The number of carbonyl (C=O) groups is 2. The van der Waals surface area contributed by atoms with Crippen molar-refractivity contribution in [2.75, 3.05) is 54.9 Å². The summed E-state index contributed by atoms with van der Waals surface area (Å²) >= 11 is 0. The van der Waals surface area contributed by atoms with Gasteiger partial charge in [-0.3, -0.25) is 14.4 Å². The molecule has 0 unspecified atom stereocenters. The molecule has 0 aliphatic heterocycles. The minimum atomic E-state index is -1.12. The zero-order chi connectivity index (χ0) is 36.8. The first-order valence-corrected chi connectivity index (χ1v) is 15.3. The Morgan fingerprint density at radius 1 is 0.765 bits per heavy atom. The topological polar surface area (TPSA) is 229 Å². The predicted octanol–water partition coefficient (Wildman–Crippen LogP) is 2.95. The highest BCUT2D eigenvalue weighted by molar-refractivity contribution is 5.99. The molecule has 0 aliphatic rings. The minimum absolute atomic E-state index is 0.00901. The van der Waals surface area contributed by atoms with Gasteiger partial charge in [0.1, 0.15) is 34.1 Å². The number of phenolic OH excluding ortho intramolecular Hbond substituents is 1. The fourth-order valence-electron chi connectivity index (χ4n) is 4.66. The van der Waals surface area contributed by atoms with Gasteiger partial charge in [0, 0.05) is 31.2 Å². The van der Waals surface area contributed by atoms with E-state index in [1.165, 1.54) is 39.5 Å². The van der Waals surface area contributed by atoms with Gasteiger partial charge in [-0.25, -0.2) is 9.78 Å². The van der Waals surface area contributed by atoms with E-state index < -0.39 is 28.9 Å². The van der Waals surface area contributed by atoms with E-state index in [0.29, 0.717) is 23.3 Å². The first-order valence-electron chi connectivity index (χ1n) is 15.3. The van der Waals surface area contributed by atoms with Crippen molar-refractivity contribution in [1.29, 1.82) is 0 Å². The molecule has 0 spiro atoms. The third-order valence-electron chi connectivity index (χ3n) is 7.07. The van der Waals surface area contributed by atoms with Gasteiger partial charge < -0.3 is 49.4 Å². The van der Waals surface area contributed by atoms with Crippen LogP contribution in [0.3, 0.4) is 0 Å². The fourth-order valence-corrected chi connectivity index (χ4v) is 4.66. The number of hydrogen-bond acceptors (Lipinski definition) is 15. The lowest BCUT2D eigenvalue weighted by Crippen LogP contribution is -2.36. The van der Waals surface area contributed by atoms with Crippen molar-refractivity contribution in [1.82, 2.24) is 0 Å². The highest BCUT2D eigenvalue weighted by Gasteiger charge is 2.24. The summed E-state index contributed by atoms with van der Waals surface area (Å²) in [6.45, 7) is -0.491. The van der Waals surface area contributed by atoms with Gasteiger partial charge in [-0.1, -0.05) is 12.1 Å². The number of methoxy groups -OCH3 is 1. The van der Waals surface area contributed by atoms with E-state index in [1.807, 2.05) is 0 Å². The average Bonchev–Trinajstić information content (AvgIpc) is 3.11. The van der Waals surface area contributed by atoms with Gasteiger partial charge >= 0.3 is 0 Å². The number of rotatable bonds is 22. The second-order valence-corrected chi connectivity index (χ2v) is 10.5. The van der Waals surface area contributed by atoms with Gasteiger partial charge in [0.05, 0.1) is 27.4 Å². The Bertz CT molecular complexity index is 1810. The molecule has 0 saturated carbocycles. The number of phenols is 1. The molecule has 4 aromatic rings. The molecule has 1 heterocycles. The lowest BCUT2D eigenvalue weighted by atomic mass is 9.98. The fraction of sp³-hybridized carbons (Fsp3) is 0.324. The van der Waals surface area contributed by atoms with Crippen molar-refractivity contribution in [3.05, 3.63) is 70.4 Å². The quantitative estimate of drug-likeness (QED) is 0.0349. The molecule has 1 aromatic heterocycles. The Labute approximate surface area is 291 Å². The summed E-state index contributed by atoms with van der Waals surface area (Å²) < 4.78 is 39.6. The maximum absolute atomic E-state index is 13.9. The Hall–Kier alpha value is -5.59. The molecule has 3 aromatic carbocycles. The highest BCUT2D eigenvalue weighted by Crippen LogP contribution is 2.39. The SMILES string of the molecule is COCOc1cc(O)c2c(=O)c(OCCCOc3ccc(CC(C(N)=O)C(N)=O)cc3)c(-c3ccc(OCOOC)c(OCOOC)c3)oc2c1. The van der Waals surface area contributed by atoms with Crippen LogP contribution in [0.5, 0.6) is 34.5 Å².